The zero-order valence-electron chi connectivity index (χ0n) is 18.3. The lowest BCUT2D eigenvalue weighted by Crippen LogP contribution is -2.61. The molecule has 0 bridgehead atoms. The van der Waals surface area contributed by atoms with E-state index in [0.717, 1.165) is 17.7 Å². The Morgan fingerprint density at radius 1 is 1.21 bits per heavy atom. The van der Waals surface area contributed by atoms with Gasteiger partial charge in [-0.1, -0.05) is 42.5 Å². The fraction of sp³-hybridized carbons (Fsp3) is 0.348. The summed E-state index contributed by atoms with van der Waals surface area (Å²) < 4.78 is 67.0. The minimum Gasteiger partial charge on any atom is -0.375 e. The van der Waals surface area contributed by atoms with Gasteiger partial charge in [-0.2, -0.15) is 13.2 Å². The summed E-state index contributed by atoms with van der Waals surface area (Å²) in [5, 5.41) is 17.5. The number of aromatic nitrogens is 2. The SMILES string of the molecule is Cn1cnc(S(=O)(=O)C(O)C2(NCc3ccc(C(F)(F)F)cc3)CNCC2c2ccccc2)c1. The Labute approximate surface area is 195 Å². The monoisotopic (exact) mass is 494 g/mol. The van der Waals surface area contributed by atoms with Gasteiger partial charge < -0.3 is 20.3 Å². The van der Waals surface area contributed by atoms with E-state index in [4.69, 9.17) is 0 Å². The number of alkyl halides is 3. The van der Waals surface area contributed by atoms with Crippen LogP contribution in [0.25, 0.3) is 0 Å². The molecule has 34 heavy (non-hydrogen) atoms. The van der Waals surface area contributed by atoms with Gasteiger partial charge in [0.15, 0.2) is 10.5 Å². The van der Waals surface area contributed by atoms with Gasteiger partial charge in [-0.05, 0) is 23.3 Å². The number of halogens is 3. The third-order valence-electron chi connectivity index (χ3n) is 6.20. The number of sulfone groups is 1. The van der Waals surface area contributed by atoms with Crippen LogP contribution in [0.4, 0.5) is 13.2 Å². The Morgan fingerprint density at radius 2 is 1.88 bits per heavy atom. The second-order valence-electron chi connectivity index (χ2n) is 8.46. The summed E-state index contributed by atoms with van der Waals surface area (Å²) >= 11 is 0. The van der Waals surface area contributed by atoms with E-state index in [1.807, 2.05) is 30.3 Å². The first kappa shape index (κ1) is 24.4. The predicted molar refractivity (Wildman–Crippen MR) is 119 cm³/mol. The second kappa shape index (κ2) is 9.14. The highest BCUT2D eigenvalue weighted by molar-refractivity contribution is 7.91. The van der Waals surface area contributed by atoms with Crippen molar-refractivity contribution in [3.63, 3.8) is 0 Å². The molecule has 1 aromatic heterocycles. The molecule has 2 heterocycles. The van der Waals surface area contributed by atoms with Crippen LogP contribution in [0, 0.1) is 0 Å². The van der Waals surface area contributed by atoms with Gasteiger partial charge >= 0.3 is 6.18 Å². The van der Waals surface area contributed by atoms with Crippen LogP contribution in [0.3, 0.4) is 0 Å². The van der Waals surface area contributed by atoms with E-state index in [1.165, 1.54) is 29.2 Å². The van der Waals surface area contributed by atoms with Crippen LogP contribution in [-0.4, -0.2) is 47.1 Å². The summed E-state index contributed by atoms with van der Waals surface area (Å²) in [6.07, 6.45) is -1.79. The van der Waals surface area contributed by atoms with Crippen LogP contribution >= 0.6 is 0 Å². The maximum Gasteiger partial charge on any atom is 0.416 e. The summed E-state index contributed by atoms with van der Waals surface area (Å²) in [5.74, 6) is -0.434. The number of hydrogen-bond acceptors (Lipinski definition) is 6. The zero-order chi connectivity index (χ0) is 24.6. The number of benzene rings is 2. The molecule has 0 amide bonds. The highest BCUT2D eigenvalue weighted by Crippen LogP contribution is 2.38. The molecular formula is C23H25F3N4O3S. The highest BCUT2D eigenvalue weighted by atomic mass is 32.2. The normalized spacial score (nSPS) is 22.1. The summed E-state index contributed by atoms with van der Waals surface area (Å²) in [6, 6.07) is 13.8. The van der Waals surface area contributed by atoms with E-state index in [0.29, 0.717) is 12.1 Å². The Hall–Kier alpha value is -2.73. The average Bonchev–Trinajstić information content (AvgIpc) is 3.45. The lowest BCUT2D eigenvalue weighted by molar-refractivity contribution is -0.137. The molecule has 182 valence electrons. The second-order valence-corrected chi connectivity index (χ2v) is 10.4. The van der Waals surface area contributed by atoms with Crippen molar-refractivity contribution < 1.29 is 26.7 Å². The van der Waals surface area contributed by atoms with Crippen LogP contribution in [-0.2, 0) is 29.6 Å². The van der Waals surface area contributed by atoms with Gasteiger partial charge in [0.1, 0.15) is 0 Å². The van der Waals surface area contributed by atoms with E-state index in [-0.39, 0.29) is 18.1 Å². The average molecular weight is 495 g/mol. The highest BCUT2D eigenvalue weighted by Gasteiger charge is 2.54. The van der Waals surface area contributed by atoms with Crippen molar-refractivity contribution in [3.8, 4) is 0 Å². The molecule has 0 radical (unpaired) electrons. The van der Waals surface area contributed by atoms with Gasteiger partial charge in [0.2, 0.25) is 9.84 Å². The molecule has 1 aliphatic rings. The fourth-order valence-electron chi connectivity index (χ4n) is 4.37. The maximum atomic E-state index is 13.4. The summed E-state index contributed by atoms with van der Waals surface area (Å²) in [5.41, 5.74) is -2.66. The number of nitrogens with one attached hydrogen (secondary N) is 2. The van der Waals surface area contributed by atoms with E-state index >= 15 is 0 Å². The molecule has 1 fully saturated rings. The molecule has 0 spiro atoms. The van der Waals surface area contributed by atoms with Crippen molar-refractivity contribution in [1.29, 1.82) is 0 Å². The van der Waals surface area contributed by atoms with Gasteiger partial charge in [-0.15, -0.1) is 0 Å². The van der Waals surface area contributed by atoms with E-state index in [1.54, 1.807) is 7.05 Å². The molecular weight excluding hydrogens is 469 g/mol. The Balaban J connectivity index is 1.70. The van der Waals surface area contributed by atoms with Gasteiger partial charge in [0.05, 0.1) is 17.4 Å². The van der Waals surface area contributed by atoms with E-state index < -0.39 is 38.5 Å². The first-order valence-electron chi connectivity index (χ1n) is 10.6. The predicted octanol–water partition coefficient (Wildman–Crippen LogP) is 2.45. The van der Waals surface area contributed by atoms with Gasteiger partial charge in [-0.25, -0.2) is 13.4 Å². The molecule has 7 nitrogen and oxygen atoms in total. The number of aliphatic hydroxyl groups excluding tert-OH is 1. The molecule has 3 N–H and O–H groups in total. The van der Waals surface area contributed by atoms with Gasteiger partial charge in [0.25, 0.3) is 0 Å². The minimum absolute atomic E-state index is 0.0535. The molecule has 0 aliphatic carbocycles. The van der Waals surface area contributed by atoms with Crippen molar-refractivity contribution in [2.45, 2.75) is 34.6 Å². The van der Waals surface area contributed by atoms with Crippen LogP contribution in [0.15, 0.2) is 72.1 Å². The number of rotatable bonds is 7. The third kappa shape index (κ3) is 4.61. The summed E-state index contributed by atoms with van der Waals surface area (Å²) in [6.45, 7) is 0.581. The number of aryl methyl sites for hydroxylation is 1. The fourth-order valence-corrected chi connectivity index (χ4v) is 5.99. The topological polar surface area (TPSA) is 96.2 Å². The van der Waals surface area contributed by atoms with Crippen molar-refractivity contribution in [2.75, 3.05) is 13.1 Å². The molecule has 2 aromatic carbocycles. The van der Waals surface area contributed by atoms with Crippen LogP contribution in [0.1, 0.15) is 22.6 Å². The van der Waals surface area contributed by atoms with Gasteiger partial charge in [0, 0.05) is 38.8 Å². The first-order valence-corrected chi connectivity index (χ1v) is 12.2. The Bertz CT molecular complexity index is 1230. The number of nitrogens with zero attached hydrogens (tertiary/aromatic N) is 2. The molecule has 0 saturated carbocycles. The number of aliphatic hydroxyl groups is 1. The van der Waals surface area contributed by atoms with Crippen molar-refractivity contribution in [3.05, 3.63) is 83.8 Å². The minimum atomic E-state index is -4.45. The van der Waals surface area contributed by atoms with Crippen molar-refractivity contribution >= 4 is 9.84 Å². The quantitative estimate of drug-likeness (QED) is 0.467. The lowest BCUT2D eigenvalue weighted by Gasteiger charge is -2.39. The van der Waals surface area contributed by atoms with E-state index in [2.05, 4.69) is 15.6 Å². The largest absolute Gasteiger partial charge is 0.416 e. The molecule has 11 heteroatoms. The third-order valence-corrected chi connectivity index (χ3v) is 8.00. The van der Waals surface area contributed by atoms with Crippen LogP contribution < -0.4 is 10.6 Å². The van der Waals surface area contributed by atoms with Crippen molar-refractivity contribution in [2.24, 2.45) is 7.05 Å². The molecule has 3 unspecified atom stereocenters. The zero-order valence-corrected chi connectivity index (χ0v) is 19.1. The molecule has 3 atom stereocenters. The summed E-state index contributed by atoms with van der Waals surface area (Å²) in [4.78, 5) is 3.92. The van der Waals surface area contributed by atoms with Gasteiger partial charge in [-0.3, -0.25) is 0 Å². The molecule has 1 aliphatic heterocycles. The summed E-state index contributed by atoms with van der Waals surface area (Å²) in [7, 11) is -2.63. The number of imidazole rings is 1. The maximum absolute atomic E-state index is 13.4. The molecule has 4 rings (SSSR count). The Morgan fingerprint density at radius 3 is 2.47 bits per heavy atom. The lowest BCUT2D eigenvalue weighted by atomic mass is 9.82. The first-order chi connectivity index (χ1) is 16.0. The Kier molecular flexibility index (Phi) is 6.56. The molecule has 3 aromatic rings. The van der Waals surface area contributed by atoms with E-state index in [9.17, 15) is 26.7 Å². The van der Waals surface area contributed by atoms with Crippen LogP contribution in [0.5, 0.6) is 0 Å². The smallest absolute Gasteiger partial charge is 0.375 e. The standard InChI is InChI=1S/C23H25F3N4O3S/c1-30-13-20(28-15-30)34(32,33)21(31)22(14-27-12-19(22)17-5-3-2-4-6-17)29-11-16-7-9-18(10-8-16)23(24,25)26/h2-10,13,15,19,21,27,29,31H,11-12,14H2,1H3. The molecule has 1 saturated heterocycles. The van der Waals surface area contributed by atoms with Crippen LogP contribution in [0.2, 0.25) is 0 Å². The van der Waals surface area contributed by atoms with Crippen molar-refractivity contribution in [1.82, 2.24) is 20.2 Å². The number of hydrogen-bond donors (Lipinski definition) is 3.